The summed E-state index contributed by atoms with van der Waals surface area (Å²) in [5, 5.41) is 3.86. The molecule has 0 spiro atoms. The van der Waals surface area contributed by atoms with Gasteiger partial charge in [0.2, 0.25) is 11.6 Å². The van der Waals surface area contributed by atoms with Crippen molar-refractivity contribution in [3.8, 4) is 28.6 Å². The quantitative estimate of drug-likeness (QED) is 0.638. The Labute approximate surface area is 144 Å². The van der Waals surface area contributed by atoms with E-state index in [1.807, 2.05) is 30.3 Å². The third-order valence-corrected chi connectivity index (χ3v) is 3.58. The maximum atomic E-state index is 12.7. The summed E-state index contributed by atoms with van der Waals surface area (Å²) in [5.74, 6) is 0.927. The lowest BCUT2D eigenvalue weighted by atomic mass is 10.1. The number of nitrogens with zero attached hydrogens (tertiary/aromatic N) is 2. The molecule has 1 heterocycles. The van der Waals surface area contributed by atoms with Gasteiger partial charge in [-0.1, -0.05) is 35.5 Å². The fraction of sp³-hybridized carbons (Fsp3) is 0.167. The number of benzene rings is 2. The SMILES string of the molecule is COc1cc(C(=O)c2nc(-c3ccccc3)no2)cc(OC)c1OC. The molecule has 3 aromatic rings. The molecule has 0 bridgehead atoms. The van der Waals surface area contributed by atoms with Crippen molar-refractivity contribution in [2.24, 2.45) is 0 Å². The summed E-state index contributed by atoms with van der Waals surface area (Å²) >= 11 is 0. The molecule has 0 aliphatic carbocycles. The Morgan fingerprint density at radius 1 is 0.960 bits per heavy atom. The van der Waals surface area contributed by atoms with E-state index >= 15 is 0 Å². The van der Waals surface area contributed by atoms with Gasteiger partial charge in [0.05, 0.1) is 21.3 Å². The number of methoxy groups -OCH3 is 3. The molecular weight excluding hydrogens is 324 g/mol. The summed E-state index contributed by atoms with van der Waals surface area (Å²) in [4.78, 5) is 16.8. The van der Waals surface area contributed by atoms with Crippen LogP contribution in [0.5, 0.6) is 17.2 Å². The number of ether oxygens (including phenoxy) is 3. The Hall–Kier alpha value is -3.35. The average Bonchev–Trinajstić information content (AvgIpc) is 3.17. The van der Waals surface area contributed by atoms with E-state index < -0.39 is 5.78 Å². The first-order valence-electron chi connectivity index (χ1n) is 7.41. The minimum atomic E-state index is -0.436. The first kappa shape index (κ1) is 16.5. The number of aromatic nitrogens is 2. The molecule has 0 fully saturated rings. The standard InChI is InChI=1S/C18H16N2O5/c1-22-13-9-12(10-14(23-2)16(13)24-3)15(21)18-19-17(20-25-18)11-7-5-4-6-8-11/h4-10H,1-3H3. The van der Waals surface area contributed by atoms with Gasteiger partial charge in [-0.05, 0) is 12.1 Å². The molecule has 3 rings (SSSR count). The van der Waals surface area contributed by atoms with E-state index in [1.54, 1.807) is 0 Å². The Morgan fingerprint density at radius 3 is 2.16 bits per heavy atom. The molecule has 0 aliphatic rings. The van der Waals surface area contributed by atoms with Gasteiger partial charge in [-0.25, -0.2) is 0 Å². The van der Waals surface area contributed by atoms with Gasteiger partial charge in [0, 0.05) is 11.1 Å². The highest BCUT2D eigenvalue weighted by atomic mass is 16.5. The van der Waals surface area contributed by atoms with Crippen molar-refractivity contribution in [3.63, 3.8) is 0 Å². The van der Waals surface area contributed by atoms with Crippen LogP contribution in [0.3, 0.4) is 0 Å². The van der Waals surface area contributed by atoms with Gasteiger partial charge in [0.15, 0.2) is 11.5 Å². The predicted octanol–water partition coefficient (Wildman–Crippen LogP) is 2.99. The summed E-state index contributed by atoms with van der Waals surface area (Å²) < 4.78 is 20.9. The molecule has 0 radical (unpaired) electrons. The van der Waals surface area contributed by atoms with Crippen LogP contribution < -0.4 is 14.2 Å². The van der Waals surface area contributed by atoms with E-state index in [0.717, 1.165) is 5.56 Å². The Morgan fingerprint density at radius 2 is 1.60 bits per heavy atom. The van der Waals surface area contributed by atoms with Gasteiger partial charge in [-0.15, -0.1) is 0 Å². The highest BCUT2D eigenvalue weighted by Crippen LogP contribution is 2.38. The van der Waals surface area contributed by atoms with Crippen molar-refractivity contribution >= 4 is 5.78 Å². The lowest BCUT2D eigenvalue weighted by Crippen LogP contribution is -2.04. The number of carbonyl (C=O) groups excluding carboxylic acids is 1. The van der Waals surface area contributed by atoms with Gasteiger partial charge in [0.1, 0.15) is 0 Å². The molecule has 0 aliphatic heterocycles. The molecule has 7 heteroatoms. The third-order valence-electron chi connectivity index (χ3n) is 3.58. The summed E-state index contributed by atoms with van der Waals surface area (Å²) in [5.41, 5.74) is 1.05. The number of hydrogen-bond acceptors (Lipinski definition) is 7. The van der Waals surface area contributed by atoms with Crippen LogP contribution in [0, 0.1) is 0 Å². The van der Waals surface area contributed by atoms with Crippen LogP contribution in [0.1, 0.15) is 16.2 Å². The van der Waals surface area contributed by atoms with E-state index in [1.165, 1.54) is 33.5 Å². The van der Waals surface area contributed by atoms with Gasteiger partial charge in [0.25, 0.3) is 11.7 Å². The van der Waals surface area contributed by atoms with Gasteiger partial charge in [-0.2, -0.15) is 4.98 Å². The fourth-order valence-corrected chi connectivity index (χ4v) is 2.36. The number of rotatable bonds is 6. The highest BCUT2D eigenvalue weighted by Gasteiger charge is 2.22. The summed E-state index contributed by atoms with van der Waals surface area (Å²) in [6.45, 7) is 0. The lowest BCUT2D eigenvalue weighted by molar-refractivity contribution is 0.0993. The predicted molar refractivity (Wildman–Crippen MR) is 89.3 cm³/mol. The van der Waals surface area contributed by atoms with Gasteiger partial charge >= 0.3 is 0 Å². The second kappa shape index (κ2) is 7.04. The van der Waals surface area contributed by atoms with Gasteiger partial charge < -0.3 is 18.7 Å². The number of carbonyl (C=O) groups is 1. The Kier molecular flexibility index (Phi) is 4.65. The largest absolute Gasteiger partial charge is 0.493 e. The first-order chi connectivity index (χ1) is 12.2. The third kappa shape index (κ3) is 3.16. The second-order valence-corrected chi connectivity index (χ2v) is 5.03. The minimum Gasteiger partial charge on any atom is -0.493 e. The minimum absolute atomic E-state index is 0.117. The van der Waals surface area contributed by atoms with Crippen LogP contribution in [-0.2, 0) is 0 Å². The van der Waals surface area contributed by atoms with Crippen LogP contribution in [0.4, 0.5) is 0 Å². The van der Waals surface area contributed by atoms with Crippen LogP contribution >= 0.6 is 0 Å². The Balaban J connectivity index is 1.97. The molecule has 0 atom stereocenters. The summed E-state index contributed by atoms with van der Waals surface area (Å²) in [6, 6.07) is 12.3. The molecule has 0 saturated carbocycles. The average molecular weight is 340 g/mol. The number of hydrogen-bond donors (Lipinski definition) is 0. The number of ketones is 1. The zero-order valence-corrected chi connectivity index (χ0v) is 14.0. The summed E-state index contributed by atoms with van der Waals surface area (Å²) in [7, 11) is 4.45. The van der Waals surface area contributed by atoms with Crippen molar-refractivity contribution in [1.82, 2.24) is 10.1 Å². The molecular formula is C18H16N2O5. The zero-order chi connectivity index (χ0) is 17.8. The smallest absolute Gasteiger partial charge is 0.299 e. The van der Waals surface area contributed by atoms with Crippen molar-refractivity contribution in [1.29, 1.82) is 0 Å². The maximum Gasteiger partial charge on any atom is 0.299 e. The first-order valence-corrected chi connectivity index (χ1v) is 7.41. The van der Waals surface area contributed by atoms with Crippen LogP contribution in [0.25, 0.3) is 11.4 Å². The Bertz CT molecular complexity index is 864. The van der Waals surface area contributed by atoms with E-state index in [0.29, 0.717) is 23.1 Å². The molecule has 128 valence electrons. The second-order valence-electron chi connectivity index (χ2n) is 5.03. The molecule has 0 amide bonds. The highest BCUT2D eigenvalue weighted by molar-refractivity contribution is 6.06. The van der Waals surface area contributed by atoms with E-state index in [-0.39, 0.29) is 11.5 Å². The van der Waals surface area contributed by atoms with Crippen molar-refractivity contribution in [3.05, 3.63) is 53.9 Å². The zero-order valence-electron chi connectivity index (χ0n) is 14.0. The molecule has 0 unspecified atom stereocenters. The molecule has 1 aromatic heterocycles. The monoisotopic (exact) mass is 340 g/mol. The lowest BCUT2D eigenvalue weighted by Gasteiger charge is -2.12. The fourth-order valence-electron chi connectivity index (χ4n) is 2.36. The topological polar surface area (TPSA) is 83.7 Å². The molecule has 7 nitrogen and oxygen atoms in total. The van der Waals surface area contributed by atoms with Crippen molar-refractivity contribution in [2.75, 3.05) is 21.3 Å². The van der Waals surface area contributed by atoms with Crippen LogP contribution in [0.2, 0.25) is 0 Å². The maximum absolute atomic E-state index is 12.7. The van der Waals surface area contributed by atoms with Crippen molar-refractivity contribution < 1.29 is 23.5 Å². The van der Waals surface area contributed by atoms with E-state index in [2.05, 4.69) is 10.1 Å². The molecule has 0 N–H and O–H groups in total. The normalized spacial score (nSPS) is 10.4. The molecule has 2 aromatic carbocycles. The van der Waals surface area contributed by atoms with Crippen LogP contribution in [-0.4, -0.2) is 37.3 Å². The van der Waals surface area contributed by atoms with E-state index in [9.17, 15) is 4.79 Å². The van der Waals surface area contributed by atoms with Crippen LogP contribution in [0.15, 0.2) is 47.0 Å². The van der Waals surface area contributed by atoms with Gasteiger partial charge in [-0.3, -0.25) is 4.79 Å². The summed E-state index contributed by atoms with van der Waals surface area (Å²) in [6.07, 6.45) is 0. The molecule has 25 heavy (non-hydrogen) atoms. The van der Waals surface area contributed by atoms with E-state index in [4.69, 9.17) is 18.7 Å². The molecule has 0 saturated heterocycles. The van der Waals surface area contributed by atoms with Crippen molar-refractivity contribution in [2.45, 2.75) is 0 Å².